The molecule has 0 bridgehead atoms. The first-order chi connectivity index (χ1) is 7.68. The highest BCUT2D eigenvalue weighted by Gasteiger charge is 2.25. The summed E-state index contributed by atoms with van der Waals surface area (Å²) in [4.78, 5) is 4.39. The summed E-state index contributed by atoms with van der Waals surface area (Å²) >= 11 is 0. The second-order valence-electron chi connectivity index (χ2n) is 4.82. The van der Waals surface area contributed by atoms with Crippen molar-refractivity contribution >= 4 is 5.82 Å². The van der Waals surface area contributed by atoms with Gasteiger partial charge in [0.15, 0.2) is 0 Å². The van der Waals surface area contributed by atoms with Crippen molar-refractivity contribution in [3.63, 3.8) is 0 Å². The maximum Gasteiger partial charge on any atom is 0.143 e. The summed E-state index contributed by atoms with van der Waals surface area (Å²) in [6.45, 7) is 6.65. The Morgan fingerprint density at radius 2 is 2.00 bits per heavy atom. The van der Waals surface area contributed by atoms with E-state index in [1.165, 1.54) is 24.8 Å². The number of rotatable bonds is 2. The van der Waals surface area contributed by atoms with E-state index in [1.807, 2.05) is 12.3 Å². The molecule has 1 N–H and O–H groups in total. The van der Waals surface area contributed by atoms with Gasteiger partial charge in [-0.1, -0.05) is 12.5 Å². The number of pyridine rings is 1. The van der Waals surface area contributed by atoms with E-state index >= 15 is 0 Å². The van der Waals surface area contributed by atoms with E-state index in [2.05, 4.69) is 42.3 Å². The van der Waals surface area contributed by atoms with Gasteiger partial charge in [0.05, 0.1) is 0 Å². The van der Waals surface area contributed by atoms with Crippen LogP contribution in [0.3, 0.4) is 0 Å². The molecular formula is C13H21N3. The smallest absolute Gasteiger partial charge is 0.143 e. The van der Waals surface area contributed by atoms with Gasteiger partial charge in [0.1, 0.15) is 5.82 Å². The fourth-order valence-electron chi connectivity index (χ4n) is 2.37. The van der Waals surface area contributed by atoms with Crippen molar-refractivity contribution < 1.29 is 0 Å². The van der Waals surface area contributed by atoms with E-state index in [0.29, 0.717) is 12.1 Å². The lowest BCUT2D eigenvalue weighted by atomic mass is 10.00. The Labute approximate surface area is 97.8 Å². The molecular weight excluding hydrogens is 198 g/mol. The van der Waals surface area contributed by atoms with Crippen LogP contribution in [0.5, 0.6) is 0 Å². The summed E-state index contributed by atoms with van der Waals surface area (Å²) in [6.07, 6.45) is 5.71. The van der Waals surface area contributed by atoms with Gasteiger partial charge in [-0.05, 0) is 45.2 Å². The lowest BCUT2D eigenvalue weighted by molar-refractivity contribution is 0.135. The number of aryl methyl sites for hydroxylation is 1. The van der Waals surface area contributed by atoms with Gasteiger partial charge in [0.25, 0.3) is 0 Å². The van der Waals surface area contributed by atoms with Gasteiger partial charge in [-0.25, -0.2) is 9.99 Å². The molecule has 2 heterocycles. The summed E-state index contributed by atoms with van der Waals surface area (Å²) < 4.78 is 0. The molecule has 1 saturated heterocycles. The third-order valence-electron chi connectivity index (χ3n) is 3.44. The van der Waals surface area contributed by atoms with Crippen molar-refractivity contribution in [3.8, 4) is 0 Å². The highest BCUT2D eigenvalue weighted by atomic mass is 15.5. The Morgan fingerprint density at radius 1 is 1.31 bits per heavy atom. The van der Waals surface area contributed by atoms with Crippen LogP contribution in [0, 0.1) is 6.92 Å². The maximum absolute atomic E-state index is 4.39. The Bertz CT molecular complexity index is 341. The maximum atomic E-state index is 4.39. The van der Waals surface area contributed by atoms with Crippen LogP contribution in [0.2, 0.25) is 0 Å². The van der Waals surface area contributed by atoms with Crippen molar-refractivity contribution in [2.24, 2.45) is 0 Å². The summed E-state index contributed by atoms with van der Waals surface area (Å²) in [7, 11) is 0. The third kappa shape index (κ3) is 2.35. The van der Waals surface area contributed by atoms with Crippen molar-refractivity contribution in [3.05, 3.63) is 23.9 Å². The van der Waals surface area contributed by atoms with Gasteiger partial charge >= 0.3 is 0 Å². The molecule has 2 atom stereocenters. The fourth-order valence-corrected chi connectivity index (χ4v) is 2.37. The molecule has 0 aliphatic carbocycles. The van der Waals surface area contributed by atoms with Crippen LogP contribution in [0.15, 0.2) is 18.3 Å². The predicted octanol–water partition coefficient (Wildman–Crippen LogP) is 2.98. The van der Waals surface area contributed by atoms with E-state index in [0.717, 1.165) is 5.82 Å². The number of aromatic nitrogens is 1. The lowest BCUT2D eigenvalue weighted by Crippen LogP contribution is -2.47. The molecule has 1 aromatic rings. The molecule has 1 aromatic heterocycles. The van der Waals surface area contributed by atoms with Crippen LogP contribution >= 0.6 is 0 Å². The van der Waals surface area contributed by atoms with Crippen LogP contribution in [0.25, 0.3) is 0 Å². The molecule has 0 radical (unpaired) electrons. The molecule has 0 saturated carbocycles. The largest absolute Gasteiger partial charge is 0.302 e. The Balaban J connectivity index is 2.11. The molecule has 2 rings (SSSR count). The molecule has 0 aromatic carbocycles. The minimum absolute atomic E-state index is 0.588. The summed E-state index contributed by atoms with van der Waals surface area (Å²) in [5.74, 6) is 0.989. The van der Waals surface area contributed by atoms with Gasteiger partial charge in [0, 0.05) is 18.3 Å². The molecule has 3 nitrogen and oxygen atoms in total. The van der Waals surface area contributed by atoms with Gasteiger partial charge in [0.2, 0.25) is 0 Å². The predicted molar refractivity (Wildman–Crippen MR) is 67.2 cm³/mol. The molecule has 3 heteroatoms. The molecule has 88 valence electrons. The Hall–Kier alpha value is -1.09. The van der Waals surface area contributed by atoms with Crippen molar-refractivity contribution in [1.29, 1.82) is 0 Å². The zero-order chi connectivity index (χ0) is 11.5. The molecule has 1 fully saturated rings. The van der Waals surface area contributed by atoms with Crippen LogP contribution in [-0.2, 0) is 0 Å². The number of hydrogen-bond acceptors (Lipinski definition) is 3. The van der Waals surface area contributed by atoms with Gasteiger partial charge in [-0.3, -0.25) is 0 Å². The van der Waals surface area contributed by atoms with E-state index in [4.69, 9.17) is 0 Å². The molecule has 1 aliphatic heterocycles. The second kappa shape index (κ2) is 4.83. The van der Waals surface area contributed by atoms with Crippen molar-refractivity contribution in [2.75, 3.05) is 5.43 Å². The molecule has 2 unspecified atom stereocenters. The Kier molecular flexibility index (Phi) is 3.44. The average molecular weight is 219 g/mol. The Morgan fingerprint density at radius 3 is 2.62 bits per heavy atom. The van der Waals surface area contributed by atoms with Gasteiger partial charge in [-0.15, -0.1) is 0 Å². The quantitative estimate of drug-likeness (QED) is 0.829. The minimum Gasteiger partial charge on any atom is -0.302 e. The summed E-state index contributed by atoms with van der Waals surface area (Å²) in [5.41, 5.74) is 4.67. The van der Waals surface area contributed by atoms with Crippen molar-refractivity contribution in [2.45, 2.75) is 52.1 Å². The number of anilines is 1. The molecule has 0 spiro atoms. The van der Waals surface area contributed by atoms with Crippen LogP contribution < -0.4 is 5.43 Å². The van der Waals surface area contributed by atoms with Crippen LogP contribution in [0.4, 0.5) is 5.82 Å². The van der Waals surface area contributed by atoms with Crippen LogP contribution in [-0.4, -0.2) is 22.1 Å². The van der Waals surface area contributed by atoms with E-state index < -0.39 is 0 Å². The van der Waals surface area contributed by atoms with Gasteiger partial charge in [-0.2, -0.15) is 0 Å². The monoisotopic (exact) mass is 219 g/mol. The molecule has 1 aliphatic rings. The topological polar surface area (TPSA) is 28.2 Å². The van der Waals surface area contributed by atoms with E-state index in [1.54, 1.807) is 0 Å². The number of nitrogens with zero attached hydrogens (tertiary/aromatic N) is 2. The zero-order valence-electron chi connectivity index (χ0n) is 10.4. The third-order valence-corrected chi connectivity index (χ3v) is 3.44. The minimum atomic E-state index is 0.588. The normalized spacial score (nSPS) is 26.7. The highest BCUT2D eigenvalue weighted by Crippen LogP contribution is 2.23. The van der Waals surface area contributed by atoms with Crippen molar-refractivity contribution in [1.82, 2.24) is 9.99 Å². The summed E-state index contributed by atoms with van der Waals surface area (Å²) in [5, 5.41) is 2.35. The standard InChI is InChI=1S/C13H21N3/c1-10-6-5-9-14-13(10)15-16-11(2)7-4-8-12(16)3/h5-6,9,11-12H,4,7-8H2,1-3H3,(H,14,15). The number of piperidine rings is 1. The number of hydrogen-bond donors (Lipinski definition) is 1. The lowest BCUT2D eigenvalue weighted by Gasteiger charge is -2.39. The first-order valence-electron chi connectivity index (χ1n) is 6.15. The highest BCUT2D eigenvalue weighted by molar-refractivity contribution is 5.41. The fraction of sp³-hybridized carbons (Fsp3) is 0.615. The second-order valence-corrected chi connectivity index (χ2v) is 4.82. The first-order valence-corrected chi connectivity index (χ1v) is 6.15. The SMILES string of the molecule is Cc1cccnc1NN1C(C)CCCC1C. The number of hydrazine groups is 1. The van der Waals surface area contributed by atoms with Crippen LogP contribution in [0.1, 0.15) is 38.7 Å². The molecule has 16 heavy (non-hydrogen) atoms. The van der Waals surface area contributed by atoms with E-state index in [-0.39, 0.29) is 0 Å². The zero-order valence-corrected chi connectivity index (χ0v) is 10.4. The molecule has 0 amide bonds. The summed E-state index contributed by atoms with van der Waals surface area (Å²) in [6, 6.07) is 5.24. The first kappa shape index (κ1) is 11.4. The average Bonchev–Trinajstić information content (AvgIpc) is 2.26. The van der Waals surface area contributed by atoms with E-state index in [9.17, 15) is 0 Å². The number of nitrogens with one attached hydrogen (secondary N) is 1. The van der Waals surface area contributed by atoms with Gasteiger partial charge < -0.3 is 5.43 Å².